The number of carboxylic acid groups (broad SMARTS) is 1. The van der Waals surface area contributed by atoms with Crippen molar-refractivity contribution in [3.05, 3.63) is 23.5 Å². The van der Waals surface area contributed by atoms with E-state index in [1.807, 2.05) is 4.57 Å². The van der Waals surface area contributed by atoms with Crippen LogP contribution in [-0.2, 0) is 11.3 Å². The van der Waals surface area contributed by atoms with Gasteiger partial charge in [-0.25, -0.2) is 9.37 Å². The summed E-state index contributed by atoms with van der Waals surface area (Å²) in [5.74, 6) is -1.19. The van der Waals surface area contributed by atoms with Crippen LogP contribution in [0, 0.1) is 18.2 Å². The van der Waals surface area contributed by atoms with Gasteiger partial charge in [0.15, 0.2) is 5.16 Å². The van der Waals surface area contributed by atoms with Gasteiger partial charge < -0.3 is 9.67 Å². The van der Waals surface area contributed by atoms with E-state index in [0.29, 0.717) is 16.2 Å². The number of hydrogen-bond acceptors (Lipinski definition) is 3. The van der Waals surface area contributed by atoms with E-state index in [2.05, 4.69) is 11.9 Å². The largest absolute Gasteiger partial charge is 0.481 e. The number of carboxylic acids is 1. The van der Waals surface area contributed by atoms with Crippen LogP contribution in [0.1, 0.15) is 25.3 Å². The molecule has 0 spiro atoms. The van der Waals surface area contributed by atoms with E-state index < -0.39 is 5.97 Å². The van der Waals surface area contributed by atoms with Gasteiger partial charge in [-0.05, 0) is 36.8 Å². The molecular formula is C15H17FN2O2S. The number of benzene rings is 1. The Morgan fingerprint density at radius 2 is 2.24 bits per heavy atom. The zero-order valence-corrected chi connectivity index (χ0v) is 12.8. The summed E-state index contributed by atoms with van der Waals surface area (Å²) in [7, 11) is 0. The number of aryl methyl sites for hydroxylation is 1. The predicted octanol–water partition coefficient (Wildman–Crippen LogP) is 3.46. The van der Waals surface area contributed by atoms with Crippen molar-refractivity contribution >= 4 is 28.8 Å². The predicted molar refractivity (Wildman–Crippen MR) is 80.1 cm³/mol. The molecule has 0 unspecified atom stereocenters. The average Bonchev–Trinajstić information content (AvgIpc) is 3.05. The van der Waals surface area contributed by atoms with Crippen LogP contribution >= 0.6 is 11.8 Å². The lowest BCUT2D eigenvalue weighted by molar-refractivity contribution is -0.133. The van der Waals surface area contributed by atoms with Crippen LogP contribution in [-0.4, -0.2) is 26.4 Å². The molecule has 1 N–H and O–H groups in total. The molecule has 3 rings (SSSR count). The Bertz CT molecular complexity index is 722. The smallest absolute Gasteiger partial charge is 0.313 e. The lowest BCUT2D eigenvalue weighted by Crippen LogP contribution is -2.10. The fourth-order valence-corrected chi connectivity index (χ4v) is 3.10. The van der Waals surface area contributed by atoms with Gasteiger partial charge in [0.05, 0.1) is 16.8 Å². The molecule has 1 aliphatic rings. The number of thioether (sulfide) groups is 1. The molecule has 0 radical (unpaired) electrons. The maximum Gasteiger partial charge on any atom is 0.313 e. The first-order valence-corrected chi connectivity index (χ1v) is 7.87. The summed E-state index contributed by atoms with van der Waals surface area (Å²) in [5.41, 5.74) is 2.32. The van der Waals surface area contributed by atoms with Crippen molar-refractivity contribution < 1.29 is 14.3 Å². The molecule has 0 atom stereocenters. The first kappa shape index (κ1) is 14.4. The van der Waals surface area contributed by atoms with E-state index in [9.17, 15) is 9.18 Å². The Balaban J connectivity index is 2.06. The summed E-state index contributed by atoms with van der Waals surface area (Å²) in [6, 6.07) is 3.23. The van der Waals surface area contributed by atoms with Crippen molar-refractivity contribution in [1.29, 1.82) is 0 Å². The normalized spacial score (nSPS) is 16.3. The van der Waals surface area contributed by atoms with Crippen molar-refractivity contribution in [3.63, 3.8) is 0 Å². The molecule has 0 bridgehead atoms. The van der Waals surface area contributed by atoms with Gasteiger partial charge in [-0.2, -0.15) is 0 Å². The van der Waals surface area contributed by atoms with E-state index >= 15 is 0 Å². The Morgan fingerprint density at radius 1 is 1.52 bits per heavy atom. The minimum atomic E-state index is -0.876. The zero-order valence-electron chi connectivity index (χ0n) is 12.0. The highest BCUT2D eigenvalue weighted by Crippen LogP contribution is 2.47. The summed E-state index contributed by atoms with van der Waals surface area (Å²) >= 11 is 1.19. The molecule has 0 saturated heterocycles. The van der Waals surface area contributed by atoms with Gasteiger partial charge in [-0.3, -0.25) is 4.79 Å². The van der Waals surface area contributed by atoms with Gasteiger partial charge in [0.1, 0.15) is 5.82 Å². The maximum atomic E-state index is 13.7. The first-order chi connectivity index (χ1) is 9.88. The van der Waals surface area contributed by atoms with Crippen molar-refractivity contribution in [2.75, 3.05) is 5.75 Å². The summed E-state index contributed by atoms with van der Waals surface area (Å²) < 4.78 is 15.7. The van der Waals surface area contributed by atoms with Crippen LogP contribution in [0.2, 0.25) is 0 Å². The highest BCUT2D eigenvalue weighted by Gasteiger charge is 2.38. The minimum Gasteiger partial charge on any atom is -0.481 e. The quantitative estimate of drug-likeness (QED) is 0.859. The fraction of sp³-hybridized carbons (Fsp3) is 0.467. The van der Waals surface area contributed by atoms with Gasteiger partial charge >= 0.3 is 5.97 Å². The second kappa shape index (κ2) is 5.02. The van der Waals surface area contributed by atoms with Crippen molar-refractivity contribution in [2.45, 2.75) is 38.4 Å². The van der Waals surface area contributed by atoms with Crippen molar-refractivity contribution in [3.8, 4) is 0 Å². The van der Waals surface area contributed by atoms with E-state index in [-0.39, 0.29) is 17.0 Å². The molecule has 1 fully saturated rings. The Labute approximate surface area is 126 Å². The number of hydrogen-bond donors (Lipinski definition) is 1. The third-order valence-electron chi connectivity index (χ3n) is 3.96. The van der Waals surface area contributed by atoms with Crippen molar-refractivity contribution in [2.24, 2.45) is 5.41 Å². The van der Waals surface area contributed by atoms with E-state index in [0.717, 1.165) is 24.9 Å². The SMILES string of the molecule is Cc1cc2c(cc1F)nc(SCC(=O)O)n2CC1(C)CC1. The molecule has 1 aromatic heterocycles. The number of nitrogens with zero attached hydrogens (tertiary/aromatic N) is 2. The standard InChI is InChI=1S/C15H17FN2O2S/c1-9-5-12-11(6-10(9)16)17-14(21-7-13(19)20)18(12)8-15(2)3-4-15/h5-6H,3-4,7-8H2,1-2H3,(H,19,20). The Kier molecular flexibility index (Phi) is 3.43. The highest BCUT2D eigenvalue weighted by atomic mass is 32.2. The molecule has 1 aliphatic carbocycles. The van der Waals surface area contributed by atoms with Gasteiger partial charge in [0.25, 0.3) is 0 Å². The van der Waals surface area contributed by atoms with Gasteiger partial charge in [-0.1, -0.05) is 18.7 Å². The highest BCUT2D eigenvalue weighted by molar-refractivity contribution is 7.99. The van der Waals surface area contributed by atoms with E-state index in [1.165, 1.54) is 17.8 Å². The fourth-order valence-electron chi connectivity index (χ4n) is 2.37. The first-order valence-electron chi connectivity index (χ1n) is 6.89. The Morgan fingerprint density at radius 3 is 2.86 bits per heavy atom. The third-order valence-corrected chi connectivity index (χ3v) is 4.92. The number of imidazole rings is 1. The minimum absolute atomic E-state index is 0.0402. The second-order valence-corrected chi connectivity index (χ2v) is 7.01. The van der Waals surface area contributed by atoms with E-state index in [1.54, 1.807) is 13.0 Å². The van der Waals surface area contributed by atoms with E-state index in [4.69, 9.17) is 5.11 Å². The number of carbonyl (C=O) groups is 1. The number of aromatic nitrogens is 2. The molecule has 2 aromatic rings. The number of rotatable bonds is 5. The molecule has 6 heteroatoms. The molecule has 1 saturated carbocycles. The summed E-state index contributed by atoms with van der Waals surface area (Å²) in [4.78, 5) is 15.2. The number of halogens is 1. The van der Waals surface area contributed by atoms with Crippen LogP contribution in [0.15, 0.2) is 17.3 Å². The van der Waals surface area contributed by atoms with Crippen molar-refractivity contribution in [1.82, 2.24) is 9.55 Å². The molecule has 0 amide bonds. The topological polar surface area (TPSA) is 55.1 Å². The molecule has 1 heterocycles. The second-order valence-electron chi connectivity index (χ2n) is 6.06. The van der Waals surface area contributed by atoms with Crippen LogP contribution < -0.4 is 0 Å². The molecule has 112 valence electrons. The number of aliphatic carboxylic acids is 1. The molecule has 21 heavy (non-hydrogen) atoms. The lowest BCUT2D eigenvalue weighted by atomic mass is 10.1. The average molecular weight is 308 g/mol. The van der Waals surface area contributed by atoms with Crippen LogP contribution in [0.5, 0.6) is 0 Å². The summed E-state index contributed by atoms with van der Waals surface area (Å²) in [6.45, 7) is 4.74. The van der Waals surface area contributed by atoms with Gasteiger partial charge in [-0.15, -0.1) is 0 Å². The monoisotopic (exact) mass is 308 g/mol. The summed E-state index contributed by atoms with van der Waals surface area (Å²) in [6.07, 6.45) is 2.33. The molecule has 1 aromatic carbocycles. The van der Waals surface area contributed by atoms with Crippen LogP contribution in [0.25, 0.3) is 11.0 Å². The van der Waals surface area contributed by atoms with Gasteiger partial charge in [0.2, 0.25) is 0 Å². The summed E-state index contributed by atoms with van der Waals surface area (Å²) in [5, 5.41) is 9.51. The molecule has 4 nitrogen and oxygen atoms in total. The van der Waals surface area contributed by atoms with Crippen LogP contribution in [0.4, 0.5) is 4.39 Å². The molecule has 0 aliphatic heterocycles. The zero-order chi connectivity index (χ0) is 15.2. The maximum absolute atomic E-state index is 13.7. The number of fused-ring (bicyclic) bond motifs is 1. The lowest BCUT2D eigenvalue weighted by Gasteiger charge is -2.13. The van der Waals surface area contributed by atoms with Gasteiger partial charge in [0, 0.05) is 12.6 Å². The Hall–Kier alpha value is -1.56. The molecular weight excluding hydrogens is 291 g/mol. The van der Waals surface area contributed by atoms with Crippen LogP contribution in [0.3, 0.4) is 0 Å². The third kappa shape index (κ3) is 2.90.